The molecule has 2 heterocycles. The lowest BCUT2D eigenvalue weighted by Gasteiger charge is -2.04. The van der Waals surface area contributed by atoms with Gasteiger partial charge in [0.2, 0.25) is 10.0 Å². The van der Waals surface area contributed by atoms with Crippen LogP contribution in [0.25, 0.3) is 0 Å². The van der Waals surface area contributed by atoms with Gasteiger partial charge in [0.05, 0.1) is 11.9 Å². The quantitative estimate of drug-likeness (QED) is 0.835. The summed E-state index contributed by atoms with van der Waals surface area (Å²) < 4.78 is 28.2. The second-order valence-electron chi connectivity index (χ2n) is 3.87. The van der Waals surface area contributed by atoms with Crippen LogP contribution in [0.3, 0.4) is 0 Å². The van der Waals surface area contributed by atoms with E-state index in [-0.39, 0.29) is 11.4 Å². The van der Waals surface area contributed by atoms with Gasteiger partial charge in [-0.2, -0.15) is 5.10 Å². The van der Waals surface area contributed by atoms with Gasteiger partial charge in [0.15, 0.2) is 0 Å². The van der Waals surface area contributed by atoms with Crippen molar-refractivity contribution >= 4 is 10.0 Å². The molecule has 2 N–H and O–H groups in total. The number of nitrogens with zero attached hydrogens (tertiary/aromatic N) is 2. The minimum atomic E-state index is -3.49. The SMILES string of the molecule is Cc1[nH]ncc1S(=O)(=O)NCc1ccn(C)c1. The molecule has 0 bridgehead atoms. The van der Waals surface area contributed by atoms with Gasteiger partial charge in [-0.1, -0.05) is 0 Å². The zero-order chi connectivity index (χ0) is 12.5. The van der Waals surface area contributed by atoms with Crippen LogP contribution in [0.15, 0.2) is 29.6 Å². The second kappa shape index (κ2) is 4.34. The van der Waals surface area contributed by atoms with Crippen LogP contribution in [0.2, 0.25) is 0 Å². The fourth-order valence-electron chi connectivity index (χ4n) is 1.53. The zero-order valence-electron chi connectivity index (χ0n) is 9.64. The second-order valence-corrected chi connectivity index (χ2v) is 5.60. The fraction of sp³-hybridized carbons (Fsp3) is 0.300. The summed E-state index contributed by atoms with van der Waals surface area (Å²) >= 11 is 0. The van der Waals surface area contributed by atoms with Crippen LogP contribution in [0.4, 0.5) is 0 Å². The summed E-state index contributed by atoms with van der Waals surface area (Å²) in [6, 6.07) is 1.87. The highest BCUT2D eigenvalue weighted by Gasteiger charge is 2.17. The predicted molar refractivity (Wildman–Crippen MR) is 62.8 cm³/mol. The maximum atomic E-state index is 11.9. The number of hydrogen-bond donors (Lipinski definition) is 2. The third kappa shape index (κ3) is 2.56. The van der Waals surface area contributed by atoms with Crippen molar-refractivity contribution < 1.29 is 8.42 Å². The lowest BCUT2D eigenvalue weighted by molar-refractivity contribution is 0.580. The molecule has 0 atom stereocenters. The Bertz CT molecular complexity index is 612. The molecule has 0 fully saturated rings. The minimum Gasteiger partial charge on any atom is -0.357 e. The molecule has 7 heteroatoms. The van der Waals surface area contributed by atoms with E-state index in [0.29, 0.717) is 5.69 Å². The fourth-order valence-corrected chi connectivity index (χ4v) is 2.68. The molecule has 0 amide bonds. The number of aromatic nitrogens is 3. The smallest absolute Gasteiger partial charge is 0.244 e. The molecule has 0 unspecified atom stereocenters. The molecule has 6 nitrogen and oxygen atoms in total. The van der Waals surface area contributed by atoms with E-state index in [4.69, 9.17) is 0 Å². The molecule has 17 heavy (non-hydrogen) atoms. The molecule has 2 aromatic heterocycles. The summed E-state index contributed by atoms with van der Waals surface area (Å²) in [6.45, 7) is 1.94. The lowest BCUT2D eigenvalue weighted by Crippen LogP contribution is -2.23. The van der Waals surface area contributed by atoms with Crippen LogP contribution in [-0.4, -0.2) is 23.2 Å². The number of hydrogen-bond acceptors (Lipinski definition) is 3. The van der Waals surface area contributed by atoms with E-state index in [0.717, 1.165) is 5.56 Å². The van der Waals surface area contributed by atoms with E-state index < -0.39 is 10.0 Å². The third-order valence-electron chi connectivity index (χ3n) is 2.43. The average Bonchev–Trinajstić information content (AvgIpc) is 2.85. The number of rotatable bonds is 4. The number of sulfonamides is 1. The van der Waals surface area contributed by atoms with Crippen molar-refractivity contribution in [3.8, 4) is 0 Å². The minimum absolute atomic E-state index is 0.188. The maximum Gasteiger partial charge on any atom is 0.244 e. The molecule has 0 radical (unpaired) electrons. The van der Waals surface area contributed by atoms with Gasteiger partial charge in [0.1, 0.15) is 4.90 Å². The molecular formula is C10H14N4O2S. The Morgan fingerprint density at radius 3 is 2.82 bits per heavy atom. The predicted octanol–water partition coefficient (Wildman–Crippen LogP) is 0.535. The van der Waals surface area contributed by atoms with Gasteiger partial charge >= 0.3 is 0 Å². The van der Waals surface area contributed by atoms with Crippen molar-refractivity contribution in [2.45, 2.75) is 18.4 Å². The molecule has 0 aliphatic heterocycles. The average molecular weight is 254 g/mol. The van der Waals surface area contributed by atoms with Gasteiger partial charge in [-0.3, -0.25) is 5.10 Å². The Balaban J connectivity index is 2.11. The van der Waals surface area contributed by atoms with Gasteiger partial charge < -0.3 is 4.57 Å². The lowest BCUT2D eigenvalue weighted by atomic mass is 10.4. The topological polar surface area (TPSA) is 79.8 Å². The Morgan fingerprint density at radius 1 is 1.53 bits per heavy atom. The molecule has 0 aliphatic rings. The number of H-pyrrole nitrogens is 1. The van der Waals surface area contributed by atoms with Crippen molar-refractivity contribution in [3.63, 3.8) is 0 Å². The Kier molecular flexibility index (Phi) is 3.03. The Hall–Kier alpha value is -1.60. The first-order chi connectivity index (χ1) is 7.99. The highest BCUT2D eigenvalue weighted by atomic mass is 32.2. The number of nitrogens with one attached hydrogen (secondary N) is 2. The molecule has 0 saturated heterocycles. The first-order valence-corrected chi connectivity index (χ1v) is 6.58. The van der Waals surface area contributed by atoms with E-state index in [1.165, 1.54) is 6.20 Å². The van der Waals surface area contributed by atoms with Crippen molar-refractivity contribution in [1.82, 2.24) is 19.5 Å². The van der Waals surface area contributed by atoms with E-state index in [1.807, 2.05) is 30.1 Å². The highest BCUT2D eigenvalue weighted by molar-refractivity contribution is 7.89. The van der Waals surface area contributed by atoms with Crippen LogP contribution in [-0.2, 0) is 23.6 Å². The van der Waals surface area contributed by atoms with E-state index in [1.54, 1.807) is 6.92 Å². The molecule has 0 spiro atoms. The Morgan fingerprint density at radius 2 is 2.29 bits per heavy atom. The summed E-state index contributed by atoms with van der Waals surface area (Å²) in [5, 5.41) is 6.30. The molecule has 0 aliphatic carbocycles. The number of aryl methyl sites for hydroxylation is 2. The summed E-state index contributed by atoms with van der Waals surface area (Å²) in [6.07, 6.45) is 5.04. The monoisotopic (exact) mass is 254 g/mol. The van der Waals surface area contributed by atoms with Gasteiger partial charge in [-0.05, 0) is 18.6 Å². The highest BCUT2D eigenvalue weighted by Crippen LogP contribution is 2.11. The molecule has 0 saturated carbocycles. The van der Waals surface area contributed by atoms with Crippen molar-refractivity contribution in [2.24, 2.45) is 7.05 Å². The van der Waals surface area contributed by atoms with Crippen LogP contribution in [0.1, 0.15) is 11.3 Å². The van der Waals surface area contributed by atoms with Crippen LogP contribution in [0, 0.1) is 6.92 Å². The van der Waals surface area contributed by atoms with Gasteiger partial charge in [-0.15, -0.1) is 0 Å². The summed E-state index contributed by atoms with van der Waals surface area (Å²) in [4.78, 5) is 0.188. The summed E-state index contributed by atoms with van der Waals surface area (Å²) in [5.41, 5.74) is 1.45. The summed E-state index contributed by atoms with van der Waals surface area (Å²) in [7, 11) is -1.60. The molecule has 2 aromatic rings. The van der Waals surface area contributed by atoms with E-state index in [9.17, 15) is 8.42 Å². The molecule has 2 rings (SSSR count). The third-order valence-corrected chi connectivity index (χ3v) is 3.95. The van der Waals surface area contributed by atoms with Crippen LogP contribution in [0.5, 0.6) is 0 Å². The molecule has 0 aromatic carbocycles. The van der Waals surface area contributed by atoms with Crippen molar-refractivity contribution in [3.05, 3.63) is 35.9 Å². The maximum absolute atomic E-state index is 11.9. The van der Waals surface area contributed by atoms with E-state index in [2.05, 4.69) is 14.9 Å². The summed E-state index contributed by atoms with van der Waals surface area (Å²) in [5.74, 6) is 0. The van der Waals surface area contributed by atoms with Crippen LogP contribution < -0.4 is 4.72 Å². The first-order valence-electron chi connectivity index (χ1n) is 5.09. The Labute approximate surface area is 99.7 Å². The first kappa shape index (κ1) is 11.9. The number of aromatic amines is 1. The largest absolute Gasteiger partial charge is 0.357 e. The zero-order valence-corrected chi connectivity index (χ0v) is 10.5. The van der Waals surface area contributed by atoms with Gasteiger partial charge in [0, 0.05) is 26.0 Å². The normalized spacial score (nSPS) is 11.9. The van der Waals surface area contributed by atoms with E-state index >= 15 is 0 Å². The van der Waals surface area contributed by atoms with Gasteiger partial charge in [0.25, 0.3) is 0 Å². The van der Waals surface area contributed by atoms with Gasteiger partial charge in [-0.25, -0.2) is 13.1 Å². The standard InChI is InChI=1S/C10H14N4O2S/c1-8-10(6-11-13-8)17(15,16)12-5-9-3-4-14(2)7-9/h3-4,6-7,12H,5H2,1-2H3,(H,11,13). The van der Waals surface area contributed by atoms with Crippen molar-refractivity contribution in [1.29, 1.82) is 0 Å². The van der Waals surface area contributed by atoms with Crippen molar-refractivity contribution in [2.75, 3.05) is 0 Å². The molecular weight excluding hydrogens is 240 g/mol. The molecule has 92 valence electrons. The van der Waals surface area contributed by atoms with Crippen LogP contribution >= 0.6 is 0 Å².